The first-order valence-corrected chi connectivity index (χ1v) is 7.49. The van der Waals surface area contributed by atoms with E-state index in [-0.39, 0.29) is 24.3 Å². The van der Waals surface area contributed by atoms with Crippen molar-refractivity contribution in [3.8, 4) is 6.07 Å². The summed E-state index contributed by atoms with van der Waals surface area (Å²) in [6.45, 7) is 4.49. The molecule has 24 heavy (non-hydrogen) atoms. The van der Waals surface area contributed by atoms with E-state index in [0.717, 1.165) is 11.1 Å². The predicted octanol–water partition coefficient (Wildman–Crippen LogP) is 2.56. The topological polar surface area (TPSA) is 108 Å². The van der Waals surface area contributed by atoms with E-state index in [0.29, 0.717) is 5.56 Å². The quantitative estimate of drug-likeness (QED) is 0.448. The van der Waals surface area contributed by atoms with Crippen LogP contribution in [0.25, 0.3) is 0 Å². The number of Topliss-reactive ketones (excluding diaryl/α,β-unsaturated/α-hetero) is 2. The van der Waals surface area contributed by atoms with Gasteiger partial charge in [0.1, 0.15) is 5.92 Å². The van der Waals surface area contributed by atoms with Crippen molar-refractivity contribution in [3.63, 3.8) is 0 Å². The summed E-state index contributed by atoms with van der Waals surface area (Å²) in [4.78, 5) is 35.5. The Morgan fingerprint density at radius 3 is 2.50 bits per heavy atom. The number of ketones is 2. The zero-order valence-corrected chi connectivity index (χ0v) is 14.0. The van der Waals surface area contributed by atoms with Crippen LogP contribution >= 0.6 is 0 Å². The van der Waals surface area contributed by atoms with Crippen molar-refractivity contribution in [2.24, 2.45) is 5.92 Å². The van der Waals surface area contributed by atoms with Gasteiger partial charge in [-0.3, -0.25) is 14.4 Å². The smallest absolute Gasteiger partial charge is 0.306 e. The number of aryl methyl sites for hydroxylation is 2. The summed E-state index contributed by atoms with van der Waals surface area (Å²) in [5.41, 5.74) is 2.28. The van der Waals surface area contributed by atoms with Crippen LogP contribution < -0.4 is 0 Å². The Labute approximate surface area is 140 Å². The number of carbonyl (C=O) groups is 3. The molecule has 0 saturated carbocycles. The van der Waals surface area contributed by atoms with Crippen molar-refractivity contribution >= 4 is 23.2 Å². The number of carbonyl (C=O) groups excluding carboxylic acids is 3. The molecule has 0 aromatic heterocycles. The monoisotopic (exact) mass is 328 g/mol. The number of hydrogen-bond acceptors (Lipinski definition) is 6. The molecule has 0 unspecified atom stereocenters. The maximum atomic E-state index is 12.2. The van der Waals surface area contributed by atoms with Crippen LogP contribution in [0, 0.1) is 36.5 Å². The molecule has 0 heterocycles. The number of nitriles is 1. The van der Waals surface area contributed by atoms with Gasteiger partial charge in [0.15, 0.2) is 18.2 Å². The van der Waals surface area contributed by atoms with Gasteiger partial charge in [-0.15, -0.1) is 0 Å². The molecule has 0 aliphatic rings. The second-order valence-corrected chi connectivity index (χ2v) is 5.61. The van der Waals surface area contributed by atoms with Crippen molar-refractivity contribution in [3.05, 3.63) is 34.9 Å². The molecule has 1 aromatic rings. The zero-order valence-electron chi connectivity index (χ0n) is 14.0. The van der Waals surface area contributed by atoms with Crippen LogP contribution in [0.2, 0.25) is 0 Å². The Hall–Kier alpha value is -2.81. The summed E-state index contributed by atoms with van der Waals surface area (Å²) in [5.74, 6) is -2.68. The van der Waals surface area contributed by atoms with Gasteiger partial charge in [-0.1, -0.05) is 17.7 Å². The molecule has 0 amide bonds. The third-order valence-corrected chi connectivity index (χ3v) is 3.51. The van der Waals surface area contributed by atoms with Crippen LogP contribution in [0.1, 0.15) is 41.3 Å². The van der Waals surface area contributed by atoms with Crippen LogP contribution in [-0.2, 0) is 14.3 Å². The summed E-state index contributed by atoms with van der Waals surface area (Å²) < 4.78 is 4.79. The molecule has 1 aromatic carbocycles. The molecule has 0 radical (unpaired) electrons. The van der Waals surface area contributed by atoms with Crippen molar-refractivity contribution in [1.29, 1.82) is 10.7 Å². The van der Waals surface area contributed by atoms with E-state index < -0.39 is 24.3 Å². The average molecular weight is 328 g/mol. The summed E-state index contributed by atoms with van der Waals surface area (Å²) in [5, 5.41) is 16.1. The highest BCUT2D eigenvalue weighted by atomic mass is 16.5. The third kappa shape index (κ3) is 5.43. The number of benzene rings is 1. The Bertz CT molecular complexity index is 716. The molecule has 6 heteroatoms. The molecule has 0 aliphatic heterocycles. The van der Waals surface area contributed by atoms with E-state index >= 15 is 0 Å². The lowest BCUT2D eigenvalue weighted by atomic mass is 9.99. The average Bonchev–Trinajstić information content (AvgIpc) is 2.53. The fourth-order valence-electron chi connectivity index (χ4n) is 2.10. The minimum absolute atomic E-state index is 0.0113. The summed E-state index contributed by atoms with van der Waals surface area (Å²) in [7, 11) is 0. The molecular weight excluding hydrogens is 308 g/mol. The maximum Gasteiger partial charge on any atom is 0.306 e. The van der Waals surface area contributed by atoms with Gasteiger partial charge >= 0.3 is 5.97 Å². The van der Waals surface area contributed by atoms with Gasteiger partial charge in [0, 0.05) is 17.7 Å². The van der Waals surface area contributed by atoms with Crippen LogP contribution in [0.5, 0.6) is 0 Å². The first kappa shape index (κ1) is 19.2. The van der Waals surface area contributed by atoms with E-state index in [1.165, 1.54) is 6.92 Å². The molecule has 126 valence electrons. The fraction of sp³-hybridized carbons (Fsp3) is 0.389. The molecule has 0 aliphatic carbocycles. The molecule has 0 saturated heterocycles. The number of ether oxygens (including phenoxy) is 1. The van der Waals surface area contributed by atoms with E-state index in [9.17, 15) is 14.4 Å². The Kier molecular flexibility index (Phi) is 6.99. The second-order valence-electron chi connectivity index (χ2n) is 5.61. The lowest BCUT2D eigenvalue weighted by molar-refractivity contribution is -0.148. The van der Waals surface area contributed by atoms with Gasteiger partial charge in [0.05, 0.1) is 12.5 Å². The van der Waals surface area contributed by atoms with Gasteiger partial charge in [-0.2, -0.15) is 5.26 Å². The van der Waals surface area contributed by atoms with Gasteiger partial charge in [0.25, 0.3) is 0 Å². The number of rotatable bonds is 8. The molecule has 1 N–H and O–H groups in total. The number of nitrogens with zero attached hydrogens (tertiary/aromatic N) is 1. The van der Waals surface area contributed by atoms with Crippen LogP contribution in [0.3, 0.4) is 0 Å². The van der Waals surface area contributed by atoms with E-state index in [2.05, 4.69) is 0 Å². The normalized spacial score (nSPS) is 11.2. The molecule has 1 rings (SSSR count). The third-order valence-electron chi connectivity index (χ3n) is 3.51. The van der Waals surface area contributed by atoms with Crippen LogP contribution in [-0.4, -0.2) is 29.9 Å². The van der Waals surface area contributed by atoms with Gasteiger partial charge in [-0.25, -0.2) is 0 Å². The SMILES string of the molecule is CC(=N)[C@H](C#N)C(=O)COC(=O)CCC(=O)c1cc(C)ccc1C. The van der Waals surface area contributed by atoms with Crippen LogP contribution in [0.15, 0.2) is 18.2 Å². The maximum absolute atomic E-state index is 12.2. The number of hydrogen-bond donors (Lipinski definition) is 1. The van der Waals surface area contributed by atoms with Gasteiger partial charge in [0.2, 0.25) is 0 Å². The minimum atomic E-state index is -1.20. The lowest BCUT2D eigenvalue weighted by Crippen LogP contribution is -2.25. The first-order chi connectivity index (χ1) is 11.3. The van der Waals surface area contributed by atoms with Crippen molar-refractivity contribution in [1.82, 2.24) is 0 Å². The number of nitrogens with one attached hydrogen (secondary N) is 1. The van der Waals surface area contributed by atoms with E-state index in [1.54, 1.807) is 12.1 Å². The highest BCUT2D eigenvalue weighted by Gasteiger charge is 2.21. The van der Waals surface area contributed by atoms with E-state index in [1.807, 2.05) is 26.0 Å². The van der Waals surface area contributed by atoms with Crippen molar-refractivity contribution in [2.75, 3.05) is 6.61 Å². The Balaban J connectivity index is 2.51. The summed E-state index contributed by atoms with van der Waals surface area (Å²) in [6, 6.07) is 7.22. The molecule has 0 fully saturated rings. The van der Waals surface area contributed by atoms with E-state index in [4.69, 9.17) is 15.4 Å². The highest BCUT2D eigenvalue weighted by Crippen LogP contribution is 2.14. The Morgan fingerprint density at radius 1 is 1.25 bits per heavy atom. The molecule has 0 spiro atoms. The van der Waals surface area contributed by atoms with Crippen molar-refractivity contribution in [2.45, 2.75) is 33.6 Å². The molecule has 0 bridgehead atoms. The number of esters is 1. The lowest BCUT2D eigenvalue weighted by Gasteiger charge is -2.08. The van der Waals surface area contributed by atoms with Crippen LogP contribution in [0.4, 0.5) is 0 Å². The highest BCUT2D eigenvalue weighted by molar-refractivity contribution is 6.06. The molecule has 1 atom stereocenters. The first-order valence-electron chi connectivity index (χ1n) is 7.49. The minimum Gasteiger partial charge on any atom is -0.458 e. The molecule has 6 nitrogen and oxygen atoms in total. The van der Waals surface area contributed by atoms with Gasteiger partial charge in [-0.05, 0) is 32.4 Å². The summed E-state index contributed by atoms with van der Waals surface area (Å²) in [6.07, 6.45) is -0.150. The zero-order chi connectivity index (χ0) is 18.3. The largest absolute Gasteiger partial charge is 0.458 e. The second kappa shape index (κ2) is 8.73. The summed E-state index contributed by atoms with van der Waals surface area (Å²) >= 11 is 0. The standard InChI is InChI=1S/C18H20N2O4/c1-11-4-5-12(2)14(8-11)16(21)6-7-18(23)24-10-17(22)15(9-19)13(3)20/h4-5,8,15,20H,6-7,10H2,1-3H3/t15-/m0/s1. The molecular formula is C18H20N2O4. The predicted molar refractivity (Wildman–Crippen MR) is 88.0 cm³/mol. The Morgan fingerprint density at radius 2 is 1.92 bits per heavy atom. The van der Waals surface area contributed by atoms with Gasteiger partial charge < -0.3 is 10.1 Å². The fourth-order valence-corrected chi connectivity index (χ4v) is 2.10. The van der Waals surface area contributed by atoms with Crippen molar-refractivity contribution < 1.29 is 19.1 Å².